The third kappa shape index (κ3) is 6.38. The molecule has 0 amide bonds. The number of rotatable bonds is 8. The molecule has 0 spiro atoms. The molecule has 0 saturated heterocycles. The van der Waals surface area contributed by atoms with E-state index in [2.05, 4.69) is 21.2 Å². The Hall–Kier alpha value is -0.620. The molecule has 5 heteroatoms. The van der Waals surface area contributed by atoms with Crippen LogP contribution in [-0.2, 0) is 0 Å². The molecule has 19 heavy (non-hydrogen) atoms. The summed E-state index contributed by atoms with van der Waals surface area (Å²) in [7, 11) is 0. The normalized spacial score (nSPS) is 14.4. The van der Waals surface area contributed by atoms with Crippen LogP contribution in [0.3, 0.4) is 0 Å². The van der Waals surface area contributed by atoms with E-state index >= 15 is 0 Å². The molecule has 1 unspecified atom stereocenters. The van der Waals surface area contributed by atoms with Crippen molar-refractivity contribution in [1.82, 2.24) is 5.32 Å². The molecule has 1 aromatic rings. The standard InChI is InChI=1S/C14H22BrNO3/c1-10(2)14(8-17)16-7-12(18)9-19-13-5-3-4-11(15)6-13/h3-6,10,12,14,16-18H,7-9H2,1-2H3/t12?,14-/m1/s1. The Labute approximate surface area is 122 Å². The summed E-state index contributed by atoms with van der Waals surface area (Å²) < 4.78 is 6.43. The maximum atomic E-state index is 9.83. The summed E-state index contributed by atoms with van der Waals surface area (Å²) in [5, 5.41) is 22.1. The zero-order valence-corrected chi connectivity index (χ0v) is 12.9. The highest BCUT2D eigenvalue weighted by Gasteiger charge is 2.13. The molecule has 2 atom stereocenters. The van der Waals surface area contributed by atoms with Crippen molar-refractivity contribution in [3.05, 3.63) is 28.7 Å². The first kappa shape index (κ1) is 16.4. The highest BCUT2D eigenvalue weighted by Crippen LogP contribution is 2.17. The fraction of sp³-hybridized carbons (Fsp3) is 0.571. The van der Waals surface area contributed by atoms with Crippen molar-refractivity contribution >= 4 is 15.9 Å². The average Bonchev–Trinajstić information content (AvgIpc) is 2.37. The monoisotopic (exact) mass is 331 g/mol. The minimum Gasteiger partial charge on any atom is -0.491 e. The molecule has 1 rings (SSSR count). The first-order valence-corrected chi connectivity index (χ1v) is 7.23. The summed E-state index contributed by atoms with van der Waals surface area (Å²) in [6.45, 7) is 4.74. The lowest BCUT2D eigenvalue weighted by molar-refractivity contribution is 0.0961. The number of aliphatic hydroxyl groups is 2. The largest absolute Gasteiger partial charge is 0.491 e. The summed E-state index contributed by atoms with van der Waals surface area (Å²) in [5.41, 5.74) is 0. The van der Waals surface area contributed by atoms with Gasteiger partial charge < -0.3 is 20.3 Å². The number of hydrogen-bond donors (Lipinski definition) is 3. The van der Waals surface area contributed by atoms with Gasteiger partial charge in [0.1, 0.15) is 18.5 Å². The van der Waals surface area contributed by atoms with Crippen LogP contribution in [0.25, 0.3) is 0 Å². The van der Waals surface area contributed by atoms with Crippen LogP contribution >= 0.6 is 15.9 Å². The van der Waals surface area contributed by atoms with E-state index in [0.29, 0.717) is 12.5 Å². The summed E-state index contributed by atoms with van der Waals surface area (Å²) in [4.78, 5) is 0. The zero-order valence-electron chi connectivity index (χ0n) is 11.3. The van der Waals surface area contributed by atoms with Crippen molar-refractivity contribution in [1.29, 1.82) is 0 Å². The van der Waals surface area contributed by atoms with E-state index in [4.69, 9.17) is 9.84 Å². The van der Waals surface area contributed by atoms with Gasteiger partial charge in [-0.3, -0.25) is 0 Å². The minimum atomic E-state index is -0.605. The maximum Gasteiger partial charge on any atom is 0.120 e. The van der Waals surface area contributed by atoms with E-state index in [9.17, 15) is 5.11 Å². The lowest BCUT2D eigenvalue weighted by Crippen LogP contribution is -2.42. The number of nitrogens with one attached hydrogen (secondary N) is 1. The third-order valence-electron chi connectivity index (χ3n) is 2.86. The van der Waals surface area contributed by atoms with E-state index in [0.717, 1.165) is 10.2 Å². The van der Waals surface area contributed by atoms with Crippen molar-refractivity contribution in [3.63, 3.8) is 0 Å². The number of hydrogen-bond acceptors (Lipinski definition) is 4. The van der Waals surface area contributed by atoms with E-state index in [1.807, 2.05) is 38.1 Å². The molecule has 0 aliphatic heterocycles. The van der Waals surface area contributed by atoms with E-state index in [-0.39, 0.29) is 19.3 Å². The third-order valence-corrected chi connectivity index (χ3v) is 3.35. The molecule has 3 N–H and O–H groups in total. The van der Waals surface area contributed by atoms with Crippen LogP contribution in [0, 0.1) is 5.92 Å². The van der Waals surface area contributed by atoms with Crippen molar-refractivity contribution in [3.8, 4) is 5.75 Å². The molecule has 0 saturated carbocycles. The van der Waals surface area contributed by atoms with Crippen molar-refractivity contribution < 1.29 is 14.9 Å². The fourth-order valence-electron chi connectivity index (χ4n) is 1.61. The molecule has 0 radical (unpaired) electrons. The molecule has 0 aliphatic carbocycles. The molecule has 0 aliphatic rings. The number of halogens is 1. The lowest BCUT2D eigenvalue weighted by atomic mass is 10.1. The Kier molecular flexibility index (Phi) is 7.38. The Morgan fingerprint density at radius 2 is 2.11 bits per heavy atom. The molecule has 0 fully saturated rings. The second kappa shape index (κ2) is 8.53. The van der Waals surface area contributed by atoms with Gasteiger partial charge >= 0.3 is 0 Å². The van der Waals surface area contributed by atoms with Crippen molar-refractivity contribution in [2.24, 2.45) is 5.92 Å². The molecular weight excluding hydrogens is 310 g/mol. The van der Waals surface area contributed by atoms with Gasteiger partial charge in [0.05, 0.1) is 6.61 Å². The van der Waals surface area contributed by atoms with Gasteiger partial charge in [-0.2, -0.15) is 0 Å². The van der Waals surface area contributed by atoms with Crippen molar-refractivity contribution in [2.45, 2.75) is 26.0 Å². The average molecular weight is 332 g/mol. The minimum absolute atomic E-state index is 0.000481. The topological polar surface area (TPSA) is 61.7 Å². The van der Waals surface area contributed by atoms with Crippen LogP contribution < -0.4 is 10.1 Å². The second-order valence-corrected chi connectivity index (χ2v) is 5.78. The maximum absolute atomic E-state index is 9.83. The highest BCUT2D eigenvalue weighted by atomic mass is 79.9. The van der Waals surface area contributed by atoms with Gasteiger partial charge in [-0.05, 0) is 24.1 Å². The number of ether oxygens (including phenoxy) is 1. The van der Waals surface area contributed by atoms with Gasteiger partial charge in [0.15, 0.2) is 0 Å². The van der Waals surface area contributed by atoms with Gasteiger partial charge in [0.25, 0.3) is 0 Å². The molecule has 0 aromatic heterocycles. The second-order valence-electron chi connectivity index (χ2n) is 4.86. The molecule has 0 heterocycles. The van der Waals surface area contributed by atoms with Crippen LogP contribution in [0.15, 0.2) is 28.7 Å². The zero-order chi connectivity index (χ0) is 14.3. The van der Waals surface area contributed by atoms with E-state index < -0.39 is 6.10 Å². The van der Waals surface area contributed by atoms with Gasteiger partial charge in [-0.25, -0.2) is 0 Å². The van der Waals surface area contributed by atoms with Gasteiger partial charge in [0.2, 0.25) is 0 Å². The van der Waals surface area contributed by atoms with Crippen LogP contribution in [-0.4, -0.2) is 42.1 Å². The van der Waals surface area contributed by atoms with E-state index in [1.54, 1.807) is 0 Å². The first-order chi connectivity index (χ1) is 9.02. The fourth-order valence-corrected chi connectivity index (χ4v) is 1.98. The summed E-state index contributed by atoms with van der Waals surface area (Å²) in [6.07, 6.45) is -0.605. The highest BCUT2D eigenvalue weighted by molar-refractivity contribution is 9.10. The van der Waals surface area contributed by atoms with E-state index in [1.165, 1.54) is 0 Å². The Bertz CT molecular complexity index is 373. The number of benzene rings is 1. The predicted octanol–water partition coefficient (Wildman–Crippen LogP) is 1.80. The number of aliphatic hydroxyl groups excluding tert-OH is 2. The smallest absolute Gasteiger partial charge is 0.120 e. The summed E-state index contributed by atoms with van der Waals surface area (Å²) in [6, 6.07) is 7.49. The summed E-state index contributed by atoms with van der Waals surface area (Å²) >= 11 is 3.36. The van der Waals surface area contributed by atoms with Crippen LogP contribution in [0.1, 0.15) is 13.8 Å². The SMILES string of the molecule is CC(C)[C@@H](CO)NCC(O)COc1cccc(Br)c1. The Balaban J connectivity index is 2.29. The molecule has 0 bridgehead atoms. The predicted molar refractivity (Wildman–Crippen MR) is 79.4 cm³/mol. The first-order valence-electron chi connectivity index (χ1n) is 6.43. The van der Waals surface area contributed by atoms with Gasteiger partial charge in [-0.15, -0.1) is 0 Å². The van der Waals surface area contributed by atoms with Gasteiger partial charge in [-0.1, -0.05) is 35.8 Å². The quantitative estimate of drug-likeness (QED) is 0.679. The van der Waals surface area contributed by atoms with Gasteiger partial charge in [0, 0.05) is 17.1 Å². The summed E-state index contributed by atoms with van der Waals surface area (Å²) in [5.74, 6) is 1.04. The lowest BCUT2D eigenvalue weighted by Gasteiger charge is -2.22. The van der Waals surface area contributed by atoms with Crippen molar-refractivity contribution in [2.75, 3.05) is 19.8 Å². The molecule has 1 aromatic carbocycles. The van der Waals surface area contributed by atoms with Crippen LogP contribution in [0.5, 0.6) is 5.75 Å². The Morgan fingerprint density at radius 1 is 1.37 bits per heavy atom. The molecule has 4 nitrogen and oxygen atoms in total. The van der Waals surface area contributed by atoms with Crippen LogP contribution in [0.2, 0.25) is 0 Å². The molecular formula is C14H22BrNO3. The molecule has 108 valence electrons. The van der Waals surface area contributed by atoms with Crippen LogP contribution in [0.4, 0.5) is 0 Å². The Morgan fingerprint density at radius 3 is 2.68 bits per heavy atom.